The van der Waals surface area contributed by atoms with E-state index in [1.165, 1.54) is 0 Å². The molecule has 0 bridgehead atoms. The summed E-state index contributed by atoms with van der Waals surface area (Å²) >= 11 is 0. The average molecular weight is 285 g/mol. The van der Waals surface area contributed by atoms with E-state index in [0.717, 1.165) is 16.8 Å². The minimum atomic E-state index is -0.388. The molecule has 0 unspecified atom stereocenters. The fraction of sp³-hybridized carbons (Fsp3) is 0.467. The highest BCUT2D eigenvalue weighted by Gasteiger charge is 2.52. The maximum absolute atomic E-state index is 6.04. The zero-order chi connectivity index (χ0) is 15.3. The summed E-state index contributed by atoms with van der Waals surface area (Å²) in [5.74, 6) is 0. The van der Waals surface area contributed by atoms with Gasteiger partial charge >= 0.3 is 7.12 Å². The molecule has 6 heteroatoms. The molecule has 21 heavy (non-hydrogen) atoms. The Kier molecular flexibility index (Phi) is 3.18. The molecule has 3 heterocycles. The van der Waals surface area contributed by atoms with Crippen molar-refractivity contribution in [2.45, 2.75) is 45.8 Å². The van der Waals surface area contributed by atoms with Gasteiger partial charge in [0.1, 0.15) is 0 Å². The molecule has 0 aromatic carbocycles. The lowest BCUT2D eigenvalue weighted by atomic mass is 9.82. The predicted molar refractivity (Wildman–Crippen MR) is 81.8 cm³/mol. The topological polar surface area (TPSA) is 49.2 Å². The standard InChI is InChI=1S/C15H20BN3O2/c1-11-13(7-6-8-17-11)19-10-12(9-18-19)16-20-14(2,3)15(4,5)21-16/h6-10H,1-5H3. The molecule has 3 rings (SSSR count). The van der Waals surface area contributed by atoms with Gasteiger partial charge in [0, 0.05) is 24.1 Å². The molecular weight excluding hydrogens is 265 g/mol. The van der Waals surface area contributed by atoms with Gasteiger partial charge in [0.2, 0.25) is 0 Å². The SMILES string of the molecule is Cc1ncccc1-n1cc(B2OC(C)(C)C(C)(C)O2)cn1. The molecule has 0 aliphatic carbocycles. The van der Waals surface area contributed by atoms with Crippen molar-refractivity contribution >= 4 is 12.6 Å². The van der Waals surface area contributed by atoms with Crippen LogP contribution >= 0.6 is 0 Å². The zero-order valence-electron chi connectivity index (χ0n) is 13.1. The third-order valence-electron chi connectivity index (χ3n) is 4.35. The summed E-state index contributed by atoms with van der Waals surface area (Å²) in [7, 11) is -0.388. The van der Waals surface area contributed by atoms with Crippen molar-refractivity contribution in [1.82, 2.24) is 14.8 Å². The molecule has 1 aliphatic rings. The first-order valence-electron chi connectivity index (χ1n) is 7.12. The molecule has 2 aromatic rings. The maximum Gasteiger partial charge on any atom is 0.498 e. The molecule has 0 saturated carbocycles. The van der Waals surface area contributed by atoms with Crippen LogP contribution in [0.25, 0.3) is 5.69 Å². The number of aromatic nitrogens is 3. The third kappa shape index (κ3) is 2.38. The quantitative estimate of drug-likeness (QED) is 0.790. The van der Waals surface area contributed by atoms with E-state index in [4.69, 9.17) is 9.31 Å². The molecule has 0 amide bonds. The first kappa shape index (κ1) is 14.3. The first-order chi connectivity index (χ1) is 9.80. The van der Waals surface area contributed by atoms with Gasteiger partial charge in [-0.15, -0.1) is 0 Å². The summed E-state index contributed by atoms with van der Waals surface area (Å²) in [4.78, 5) is 4.29. The second-order valence-corrected chi connectivity index (χ2v) is 6.41. The van der Waals surface area contributed by atoms with Crippen molar-refractivity contribution < 1.29 is 9.31 Å². The van der Waals surface area contributed by atoms with E-state index in [9.17, 15) is 0 Å². The summed E-state index contributed by atoms with van der Waals surface area (Å²) in [5.41, 5.74) is 2.12. The van der Waals surface area contributed by atoms with Gasteiger partial charge in [-0.25, -0.2) is 4.68 Å². The van der Waals surface area contributed by atoms with Crippen LogP contribution in [0.3, 0.4) is 0 Å². The number of hydrogen-bond acceptors (Lipinski definition) is 4. The van der Waals surface area contributed by atoms with Gasteiger partial charge in [-0.1, -0.05) is 0 Å². The van der Waals surface area contributed by atoms with Crippen LogP contribution in [0.4, 0.5) is 0 Å². The van der Waals surface area contributed by atoms with Crippen LogP contribution in [0.5, 0.6) is 0 Å². The Morgan fingerprint density at radius 1 is 1.14 bits per heavy atom. The molecule has 0 spiro atoms. The minimum absolute atomic E-state index is 0.343. The number of pyridine rings is 1. The van der Waals surface area contributed by atoms with Gasteiger partial charge in [0.05, 0.1) is 22.6 Å². The molecule has 5 nitrogen and oxygen atoms in total. The van der Waals surface area contributed by atoms with E-state index in [1.54, 1.807) is 12.4 Å². The number of hydrogen-bond donors (Lipinski definition) is 0. The van der Waals surface area contributed by atoms with Crippen LogP contribution in [-0.4, -0.2) is 33.1 Å². The summed E-state index contributed by atoms with van der Waals surface area (Å²) in [6, 6.07) is 3.89. The fourth-order valence-corrected chi connectivity index (χ4v) is 2.29. The van der Waals surface area contributed by atoms with E-state index in [1.807, 2.05) is 57.6 Å². The normalized spacial score (nSPS) is 20.0. The number of nitrogens with zero attached hydrogens (tertiary/aromatic N) is 3. The summed E-state index contributed by atoms with van der Waals surface area (Å²) in [6.45, 7) is 10.1. The second-order valence-electron chi connectivity index (χ2n) is 6.41. The van der Waals surface area contributed by atoms with Crippen LogP contribution in [0, 0.1) is 6.92 Å². The second kappa shape index (κ2) is 4.68. The molecule has 1 saturated heterocycles. The van der Waals surface area contributed by atoms with Crippen LogP contribution in [0.1, 0.15) is 33.4 Å². The largest absolute Gasteiger partial charge is 0.498 e. The Balaban J connectivity index is 1.89. The summed E-state index contributed by atoms with van der Waals surface area (Å²) < 4.78 is 13.9. The van der Waals surface area contributed by atoms with Crippen LogP contribution in [0.15, 0.2) is 30.7 Å². The highest BCUT2D eigenvalue weighted by atomic mass is 16.7. The lowest BCUT2D eigenvalue weighted by molar-refractivity contribution is 0.00578. The van der Waals surface area contributed by atoms with Crippen LogP contribution < -0.4 is 5.46 Å². The highest BCUT2D eigenvalue weighted by molar-refractivity contribution is 6.62. The van der Waals surface area contributed by atoms with Crippen LogP contribution in [-0.2, 0) is 9.31 Å². The molecule has 0 radical (unpaired) electrons. The third-order valence-corrected chi connectivity index (χ3v) is 4.35. The predicted octanol–water partition coefficient (Wildman–Crippen LogP) is 1.87. The van der Waals surface area contributed by atoms with Gasteiger partial charge in [-0.05, 0) is 46.8 Å². The molecule has 1 fully saturated rings. The van der Waals surface area contributed by atoms with Gasteiger partial charge in [0.25, 0.3) is 0 Å². The number of rotatable bonds is 2. The Labute approximate surface area is 125 Å². The van der Waals surface area contributed by atoms with Crippen LogP contribution in [0.2, 0.25) is 0 Å². The molecule has 0 atom stereocenters. The Morgan fingerprint density at radius 2 is 1.81 bits per heavy atom. The minimum Gasteiger partial charge on any atom is -0.399 e. The lowest BCUT2D eigenvalue weighted by Gasteiger charge is -2.32. The molecule has 110 valence electrons. The van der Waals surface area contributed by atoms with Gasteiger partial charge in [-0.2, -0.15) is 5.10 Å². The van der Waals surface area contributed by atoms with Gasteiger partial charge < -0.3 is 9.31 Å². The van der Waals surface area contributed by atoms with E-state index in [-0.39, 0.29) is 18.3 Å². The molecule has 0 N–H and O–H groups in total. The molecule has 1 aliphatic heterocycles. The first-order valence-corrected chi connectivity index (χ1v) is 7.12. The summed E-state index contributed by atoms with van der Waals surface area (Å²) in [6.07, 6.45) is 5.50. The van der Waals surface area contributed by atoms with Gasteiger partial charge in [-0.3, -0.25) is 4.98 Å². The Bertz CT molecular complexity index is 650. The average Bonchev–Trinajstić information content (AvgIpc) is 2.94. The molecular formula is C15H20BN3O2. The Hall–Kier alpha value is -1.66. The molecule has 2 aromatic heterocycles. The smallest absolute Gasteiger partial charge is 0.399 e. The van der Waals surface area contributed by atoms with Crippen molar-refractivity contribution in [3.8, 4) is 5.69 Å². The fourth-order valence-electron chi connectivity index (χ4n) is 2.29. The monoisotopic (exact) mass is 285 g/mol. The van der Waals surface area contributed by atoms with E-state index >= 15 is 0 Å². The van der Waals surface area contributed by atoms with Gasteiger partial charge in [0.15, 0.2) is 0 Å². The number of aryl methyl sites for hydroxylation is 1. The zero-order valence-corrected chi connectivity index (χ0v) is 13.1. The van der Waals surface area contributed by atoms with Crippen molar-refractivity contribution in [3.63, 3.8) is 0 Å². The van der Waals surface area contributed by atoms with Crippen molar-refractivity contribution in [2.24, 2.45) is 0 Å². The van der Waals surface area contributed by atoms with Crippen molar-refractivity contribution in [2.75, 3.05) is 0 Å². The summed E-state index contributed by atoms with van der Waals surface area (Å²) in [5, 5.41) is 4.40. The Morgan fingerprint density at radius 3 is 2.43 bits per heavy atom. The van der Waals surface area contributed by atoms with E-state index < -0.39 is 0 Å². The van der Waals surface area contributed by atoms with E-state index in [0.29, 0.717) is 0 Å². The van der Waals surface area contributed by atoms with Crippen molar-refractivity contribution in [1.29, 1.82) is 0 Å². The highest BCUT2D eigenvalue weighted by Crippen LogP contribution is 2.36. The lowest BCUT2D eigenvalue weighted by Crippen LogP contribution is -2.41. The van der Waals surface area contributed by atoms with Crippen molar-refractivity contribution in [3.05, 3.63) is 36.4 Å². The maximum atomic E-state index is 6.04. The van der Waals surface area contributed by atoms with E-state index in [2.05, 4.69) is 10.1 Å².